The van der Waals surface area contributed by atoms with Gasteiger partial charge < -0.3 is 4.90 Å². The molecule has 1 amide bonds. The molecule has 38 heavy (non-hydrogen) atoms. The van der Waals surface area contributed by atoms with Crippen LogP contribution < -0.4 is 0 Å². The van der Waals surface area contributed by atoms with Gasteiger partial charge in [0.2, 0.25) is 0 Å². The number of carbonyl (C=O) groups is 2. The van der Waals surface area contributed by atoms with Gasteiger partial charge >= 0.3 is 0 Å². The predicted octanol–water partition coefficient (Wildman–Crippen LogP) is 5.68. The summed E-state index contributed by atoms with van der Waals surface area (Å²) in [4.78, 5) is 39.5. The number of ketones is 1. The number of hydrogen-bond donors (Lipinski definition) is 0. The molecule has 1 aliphatic carbocycles. The van der Waals surface area contributed by atoms with Crippen molar-refractivity contribution in [1.29, 1.82) is 0 Å². The number of likely N-dealkylation sites (N-methyl/N-ethyl adjacent to an activating group) is 1. The molecule has 3 aromatic rings. The standard InChI is InChI=1S/C30H34N4O4/c1-6-7-8-23-28-26(18-30(3,4)19-27(28)35)33(31-23)24-14-13-22(17-25(24)34(37)38)29(36)32(5)16-15-21-11-9-20(2)10-12-21/h6,9-14,17H,1,7-8,15-16,18-19H2,2-5H3. The summed E-state index contributed by atoms with van der Waals surface area (Å²) >= 11 is 0. The Morgan fingerprint density at radius 3 is 2.55 bits per heavy atom. The van der Waals surface area contributed by atoms with E-state index in [0.717, 1.165) is 5.56 Å². The molecule has 0 saturated heterocycles. The molecule has 8 heteroatoms. The van der Waals surface area contributed by atoms with E-state index in [9.17, 15) is 19.7 Å². The molecule has 0 saturated carbocycles. The lowest BCUT2D eigenvalue weighted by atomic mass is 9.75. The summed E-state index contributed by atoms with van der Waals surface area (Å²) in [6.07, 6.45) is 4.58. The molecule has 0 fully saturated rings. The molecule has 0 spiro atoms. The van der Waals surface area contributed by atoms with Gasteiger partial charge in [0.05, 0.1) is 21.9 Å². The number of nitrogens with zero attached hydrogens (tertiary/aromatic N) is 4. The van der Waals surface area contributed by atoms with Gasteiger partial charge in [-0.1, -0.05) is 49.8 Å². The number of benzene rings is 2. The van der Waals surface area contributed by atoms with Crippen LogP contribution in [0.5, 0.6) is 0 Å². The van der Waals surface area contributed by atoms with Crippen molar-refractivity contribution in [2.24, 2.45) is 5.41 Å². The summed E-state index contributed by atoms with van der Waals surface area (Å²) in [7, 11) is 1.69. The summed E-state index contributed by atoms with van der Waals surface area (Å²) in [5.41, 5.74) is 4.14. The smallest absolute Gasteiger partial charge is 0.295 e. The van der Waals surface area contributed by atoms with Gasteiger partial charge in [-0.3, -0.25) is 19.7 Å². The molecule has 1 heterocycles. The van der Waals surface area contributed by atoms with Crippen LogP contribution in [0.25, 0.3) is 5.69 Å². The first kappa shape index (κ1) is 27.0. The van der Waals surface area contributed by atoms with Gasteiger partial charge in [0, 0.05) is 31.6 Å². The first-order valence-electron chi connectivity index (χ1n) is 12.9. The number of rotatable bonds is 9. The molecule has 0 N–H and O–H groups in total. The van der Waals surface area contributed by atoms with Crippen molar-refractivity contribution >= 4 is 17.4 Å². The highest BCUT2D eigenvalue weighted by molar-refractivity contribution is 6.00. The van der Waals surface area contributed by atoms with Crippen molar-refractivity contribution in [1.82, 2.24) is 14.7 Å². The largest absolute Gasteiger partial charge is 0.341 e. The van der Waals surface area contributed by atoms with Crippen LogP contribution in [0.3, 0.4) is 0 Å². The van der Waals surface area contributed by atoms with Gasteiger partial charge in [-0.25, -0.2) is 4.68 Å². The Morgan fingerprint density at radius 1 is 1.18 bits per heavy atom. The van der Waals surface area contributed by atoms with Gasteiger partial charge in [0.25, 0.3) is 11.6 Å². The highest BCUT2D eigenvalue weighted by atomic mass is 16.6. The summed E-state index contributed by atoms with van der Waals surface area (Å²) in [6, 6.07) is 12.6. The third-order valence-electron chi connectivity index (χ3n) is 7.05. The molecule has 0 bridgehead atoms. The Bertz CT molecular complexity index is 1400. The Hall–Kier alpha value is -4.07. The van der Waals surface area contributed by atoms with Crippen molar-refractivity contribution in [3.05, 3.63) is 98.9 Å². The number of amides is 1. The first-order valence-corrected chi connectivity index (χ1v) is 12.9. The molecule has 1 aromatic heterocycles. The zero-order chi connectivity index (χ0) is 27.6. The number of aryl methyl sites for hydroxylation is 2. The number of nitro groups is 1. The van der Waals surface area contributed by atoms with Gasteiger partial charge in [-0.15, -0.1) is 6.58 Å². The lowest BCUT2D eigenvalue weighted by Gasteiger charge is -2.29. The summed E-state index contributed by atoms with van der Waals surface area (Å²) < 4.78 is 1.54. The Labute approximate surface area is 223 Å². The second-order valence-corrected chi connectivity index (χ2v) is 10.9. The third kappa shape index (κ3) is 5.59. The van der Waals surface area contributed by atoms with Crippen LogP contribution in [0.4, 0.5) is 5.69 Å². The van der Waals surface area contributed by atoms with E-state index in [0.29, 0.717) is 55.6 Å². The fraction of sp³-hybridized carbons (Fsp3) is 0.367. The maximum Gasteiger partial charge on any atom is 0.295 e. The van der Waals surface area contributed by atoms with Crippen molar-refractivity contribution < 1.29 is 14.5 Å². The quantitative estimate of drug-likeness (QED) is 0.208. The molecule has 0 radical (unpaired) electrons. The van der Waals surface area contributed by atoms with Crippen LogP contribution in [0.15, 0.2) is 55.1 Å². The van der Waals surface area contributed by atoms with E-state index in [4.69, 9.17) is 0 Å². The van der Waals surface area contributed by atoms with Gasteiger partial charge in [0.15, 0.2) is 5.78 Å². The van der Waals surface area contributed by atoms with Crippen LogP contribution in [-0.4, -0.2) is 44.9 Å². The van der Waals surface area contributed by atoms with Crippen LogP contribution in [0.1, 0.15) is 69.9 Å². The molecule has 0 aliphatic heterocycles. The zero-order valence-electron chi connectivity index (χ0n) is 22.5. The highest BCUT2D eigenvalue weighted by Crippen LogP contribution is 2.39. The molecular weight excluding hydrogens is 480 g/mol. The minimum absolute atomic E-state index is 0.00575. The Kier molecular flexibility index (Phi) is 7.62. The highest BCUT2D eigenvalue weighted by Gasteiger charge is 2.37. The SMILES string of the molecule is C=CCCc1nn(-c2ccc(C(=O)N(C)CCc3ccc(C)cc3)cc2[N+](=O)[O-])c2c1C(=O)CC(C)(C)C2. The van der Waals surface area contributed by atoms with E-state index in [-0.39, 0.29) is 34.0 Å². The van der Waals surface area contributed by atoms with Crippen molar-refractivity contribution in [2.45, 2.75) is 52.9 Å². The zero-order valence-corrected chi connectivity index (χ0v) is 22.5. The van der Waals surface area contributed by atoms with Gasteiger partial charge in [-0.2, -0.15) is 5.10 Å². The monoisotopic (exact) mass is 514 g/mol. The second-order valence-electron chi connectivity index (χ2n) is 10.9. The van der Waals surface area contributed by atoms with Crippen molar-refractivity contribution in [3.63, 3.8) is 0 Å². The maximum atomic E-state index is 13.2. The summed E-state index contributed by atoms with van der Waals surface area (Å²) in [5.74, 6) is -0.288. The van der Waals surface area contributed by atoms with E-state index in [1.54, 1.807) is 34.8 Å². The topological polar surface area (TPSA) is 98.3 Å². The summed E-state index contributed by atoms with van der Waals surface area (Å²) in [6.45, 7) is 10.3. The number of fused-ring (bicyclic) bond motifs is 1. The van der Waals surface area contributed by atoms with E-state index in [2.05, 4.69) is 11.7 Å². The van der Waals surface area contributed by atoms with Gasteiger partial charge in [0.1, 0.15) is 5.69 Å². The van der Waals surface area contributed by atoms with Gasteiger partial charge in [-0.05, 0) is 55.7 Å². The molecule has 2 aromatic carbocycles. The molecule has 0 unspecified atom stereocenters. The number of allylic oxidation sites excluding steroid dienone is 1. The van der Waals surface area contributed by atoms with E-state index < -0.39 is 4.92 Å². The fourth-order valence-corrected chi connectivity index (χ4v) is 5.00. The molecule has 0 atom stereocenters. The minimum atomic E-state index is -0.494. The fourth-order valence-electron chi connectivity index (χ4n) is 5.00. The Morgan fingerprint density at radius 2 is 1.89 bits per heavy atom. The normalized spacial score (nSPS) is 14.2. The molecule has 1 aliphatic rings. The number of Topliss-reactive ketones (excluding diaryl/α,β-unsaturated/α-hetero) is 1. The van der Waals surface area contributed by atoms with Crippen molar-refractivity contribution in [3.8, 4) is 5.69 Å². The van der Waals surface area contributed by atoms with E-state index in [1.807, 2.05) is 45.0 Å². The Balaban J connectivity index is 1.67. The maximum absolute atomic E-state index is 13.2. The average molecular weight is 515 g/mol. The molecular formula is C30H34N4O4. The lowest BCUT2D eigenvalue weighted by Crippen LogP contribution is -2.29. The van der Waals surface area contributed by atoms with Crippen LogP contribution >= 0.6 is 0 Å². The number of aromatic nitrogens is 2. The van der Waals surface area contributed by atoms with E-state index in [1.165, 1.54) is 11.6 Å². The average Bonchev–Trinajstić information content (AvgIpc) is 3.23. The third-order valence-corrected chi connectivity index (χ3v) is 7.05. The summed E-state index contributed by atoms with van der Waals surface area (Å²) in [5, 5.41) is 16.9. The van der Waals surface area contributed by atoms with E-state index >= 15 is 0 Å². The number of hydrogen-bond acceptors (Lipinski definition) is 5. The molecule has 198 valence electrons. The van der Waals surface area contributed by atoms with Crippen LogP contribution in [0, 0.1) is 22.5 Å². The number of nitro benzene ring substituents is 1. The first-order chi connectivity index (χ1) is 18.0. The minimum Gasteiger partial charge on any atom is -0.341 e. The second kappa shape index (κ2) is 10.7. The van der Waals surface area contributed by atoms with Crippen LogP contribution in [-0.2, 0) is 19.3 Å². The van der Waals surface area contributed by atoms with Crippen molar-refractivity contribution in [2.75, 3.05) is 13.6 Å². The molecule has 4 rings (SSSR count). The predicted molar refractivity (Wildman–Crippen MR) is 147 cm³/mol. The van der Waals surface area contributed by atoms with Crippen LogP contribution in [0.2, 0.25) is 0 Å². The number of carbonyl (C=O) groups excluding carboxylic acids is 2. The molecule has 8 nitrogen and oxygen atoms in total. The lowest BCUT2D eigenvalue weighted by molar-refractivity contribution is -0.384.